The van der Waals surface area contributed by atoms with E-state index in [0.29, 0.717) is 36.4 Å². The molecule has 0 unspecified atom stereocenters. The third kappa shape index (κ3) is 3.71. The monoisotopic (exact) mass is 419 g/mol. The maximum absolute atomic E-state index is 13.6. The molecule has 0 amide bonds. The topological polar surface area (TPSA) is 54.5 Å². The molecule has 1 fully saturated rings. The smallest absolute Gasteiger partial charge is 0.243 e. The number of benzene rings is 3. The van der Waals surface area contributed by atoms with E-state index in [1.165, 1.54) is 4.31 Å². The summed E-state index contributed by atoms with van der Waals surface area (Å²) in [7, 11) is -3.58. The Kier molecular flexibility index (Phi) is 5.58. The van der Waals surface area contributed by atoms with Crippen LogP contribution >= 0.6 is 0 Å². The summed E-state index contributed by atoms with van der Waals surface area (Å²) in [6.07, 6.45) is 0.908. The number of sulfonamides is 1. The SMILES string of the molecule is Cc1ccc(S(=O)(=O)N2CCC(C(=O)c3ccccc3)(c3ccccc3)CC2)cc1. The standard InChI is InChI=1S/C25H25NO3S/c1-20-12-14-23(15-13-20)30(28,29)26-18-16-25(17-19-26,22-10-6-3-7-11-22)24(27)21-8-4-2-5-9-21/h2-15H,16-19H2,1H3. The number of hydrogen-bond donors (Lipinski definition) is 0. The average molecular weight is 420 g/mol. The van der Waals surface area contributed by atoms with Crippen LogP contribution in [0.5, 0.6) is 0 Å². The number of aryl methyl sites for hydroxylation is 1. The van der Waals surface area contributed by atoms with Crippen molar-refractivity contribution in [3.05, 3.63) is 102 Å². The molecule has 1 aliphatic heterocycles. The zero-order valence-electron chi connectivity index (χ0n) is 17.0. The van der Waals surface area contributed by atoms with Gasteiger partial charge in [-0.05, 0) is 37.5 Å². The van der Waals surface area contributed by atoms with Crippen molar-refractivity contribution in [2.24, 2.45) is 0 Å². The van der Waals surface area contributed by atoms with E-state index in [4.69, 9.17) is 0 Å². The summed E-state index contributed by atoms with van der Waals surface area (Å²) in [6.45, 7) is 2.55. The fourth-order valence-electron chi connectivity index (χ4n) is 4.24. The molecule has 4 rings (SSSR count). The highest BCUT2D eigenvalue weighted by atomic mass is 32.2. The molecule has 1 aliphatic rings. The van der Waals surface area contributed by atoms with E-state index >= 15 is 0 Å². The van der Waals surface area contributed by atoms with Gasteiger partial charge in [0.2, 0.25) is 10.0 Å². The van der Waals surface area contributed by atoms with E-state index in [-0.39, 0.29) is 5.78 Å². The molecule has 0 aliphatic carbocycles. The number of hydrogen-bond acceptors (Lipinski definition) is 3. The van der Waals surface area contributed by atoms with E-state index in [2.05, 4.69) is 0 Å². The Morgan fingerprint density at radius 1 is 0.800 bits per heavy atom. The first-order valence-electron chi connectivity index (χ1n) is 10.2. The van der Waals surface area contributed by atoms with Crippen LogP contribution in [0, 0.1) is 6.92 Å². The van der Waals surface area contributed by atoms with Crippen molar-refractivity contribution in [2.75, 3.05) is 13.1 Å². The number of carbonyl (C=O) groups excluding carboxylic acids is 1. The van der Waals surface area contributed by atoms with E-state index < -0.39 is 15.4 Å². The number of piperidine rings is 1. The Morgan fingerprint density at radius 3 is 1.90 bits per heavy atom. The van der Waals surface area contributed by atoms with Crippen LogP contribution < -0.4 is 0 Å². The van der Waals surface area contributed by atoms with E-state index in [0.717, 1.165) is 11.1 Å². The molecule has 4 nitrogen and oxygen atoms in total. The lowest BCUT2D eigenvalue weighted by Crippen LogP contribution is -2.49. The molecular formula is C25H25NO3S. The first kappa shape index (κ1) is 20.5. The molecule has 3 aromatic rings. The van der Waals surface area contributed by atoms with E-state index in [1.807, 2.05) is 79.7 Å². The quantitative estimate of drug-likeness (QED) is 0.568. The molecule has 0 saturated carbocycles. The van der Waals surface area contributed by atoms with Crippen LogP contribution in [-0.2, 0) is 15.4 Å². The van der Waals surface area contributed by atoms with Crippen LogP contribution in [0.25, 0.3) is 0 Å². The van der Waals surface area contributed by atoms with Gasteiger partial charge in [-0.15, -0.1) is 0 Å². The summed E-state index contributed by atoms with van der Waals surface area (Å²) in [4.78, 5) is 13.9. The van der Waals surface area contributed by atoms with Crippen LogP contribution in [0.2, 0.25) is 0 Å². The van der Waals surface area contributed by atoms with Crippen molar-refractivity contribution in [1.29, 1.82) is 0 Å². The van der Waals surface area contributed by atoms with Gasteiger partial charge in [-0.1, -0.05) is 78.4 Å². The van der Waals surface area contributed by atoms with Gasteiger partial charge in [0.25, 0.3) is 0 Å². The maximum atomic E-state index is 13.6. The summed E-state index contributed by atoms with van der Waals surface area (Å²) >= 11 is 0. The van der Waals surface area contributed by atoms with Gasteiger partial charge in [-0.3, -0.25) is 4.79 Å². The number of nitrogens with zero attached hydrogens (tertiary/aromatic N) is 1. The summed E-state index contributed by atoms with van der Waals surface area (Å²) < 4.78 is 27.8. The molecule has 0 aromatic heterocycles. The molecule has 1 heterocycles. The fourth-order valence-corrected chi connectivity index (χ4v) is 5.68. The van der Waals surface area contributed by atoms with E-state index in [9.17, 15) is 13.2 Å². The largest absolute Gasteiger partial charge is 0.293 e. The molecule has 1 saturated heterocycles. The molecule has 0 atom stereocenters. The van der Waals surface area contributed by atoms with Gasteiger partial charge in [-0.2, -0.15) is 4.31 Å². The molecule has 3 aromatic carbocycles. The first-order chi connectivity index (χ1) is 14.4. The van der Waals surface area contributed by atoms with Crippen molar-refractivity contribution < 1.29 is 13.2 Å². The van der Waals surface area contributed by atoms with Gasteiger partial charge >= 0.3 is 0 Å². The lowest BCUT2D eigenvalue weighted by atomic mass is 9.68. The predicted molar refractivity (Wildman–Crippen MR) is 118 cm³/mol. The van der Waals surface area contributed by atoms with Crippen LogP contribution in [0.15, 0.2) is 89.8 Å². The van der Waals surface area contributed by atoms with Crippen molar-refractivity contribution in [2.45, 2.75) is 30.1 Å². The fraction of sp³-hybridized carbons (Fsp3) is 0.240. The zero-order valence-corrected chi connectivity index (χ0v) is 17.8. The average Bonchev–Trinajstić information content (AvgIpc) is 2.80. The zero-order chi connectivity index (χ0) is 21.2. The van der Waals surface area contributed by atoms with Crippen LogP contribution in [0.1, 0.15) is 34.3 Å². The number of Topliss-reactive ketones (excluding diaryl/α,β-unsaturated/α-hetero) is 1. The maximum Gasteiger partial charge on any atom is 0.243 e. The van der Waals surface area contributed by atoms with Gasteiger partial charge in [0.1, 0.15) is 0 Å². The Labute approximate surface area is 178 Å². The minimum Gasteiger partial charge on any atom is -0.293 e. The van der Waals surface area contributed by atoms with Gasteiger partial charge in [-0.25, -0.2) is 8.42 Å². The second-order valence-electron chi connectivity index (χ2n) is 7.86. The van der Waals surface area contributed by atoms with Crippen LogP contribution in [-0.4, -0.2) is 31.6 Å². The molecule has 0 radical (unpaired) electrons. The summed E-state index contributed by atoms with van der Waals surface area (Å²) in [5, 5.41) is 0. The Hall–Kier alpha value is -2.76. The molecule has 30 heavy (non-hydrogen) atoms. The Bertz CT molecular complexity index is 1120. The summed E-state index contributed by atoms with van der Waals surface area (Å²) in [6, 6.07) is 26.0. The molecule has 5 heteroatoms. The minimum atomic E-state index is -3.58. The number of rotatable bonds is 5. The van der Waals surface area contributed by atoms with Crippen molar-refractivity contribution in [3.8, 4) is 0 Å². The summed E-state index contributed by atoms with van der Waals surface area (Å²) in [5.41, 5.74) is 1.91. The predicted octanol–water partition coefficient (Wildman–Crippen LogP) is 4.60. The lowest BCUT2D eigenvalue weighted by molar-refractivity contribution is 0.0819. The van der Waals surface area contributed by atoms with Crippen molar-refractivity contribution >= 4 is 15.8 Å². The van der Waals surface area contributed by atoms with E-state index in [1.54, 1.807) is 12.1 Å². The van der Waals surface area contributed by atoms with Gasteiger partial charge in [0.05, 0.1) is 10.3 Å². The minimum absolute atomic E-state index is 0.0571. The first-order valence-corrected chi connectivity index (χ1v) is 11.6. The van der Waals surface area contributed by atoms with Crippen molar-refractivity contribution in [1.82, 2.24) is 4.31 Å². The Morgan fingerprint density at radius 2 is 1.33 bits per heavy atom. The second kappa shape index (κ2) is 8.17. The van der Waals surface area contributed by atoms with Gasteiger partial charge in [0.15, 0.2) is 5.78 Å². The number of ketones is 1. The normalized spacial score (nSPS) is 16.8. The summed E-state index contributed by atoms with van der Waals surface area (Å²) in [5.74, 6) is 0.0571. The number of carbonyl (C=O) groups is 1. The Balaban J connectivity index is 1.65. The molecule has 154 valence electrons. The van der Waals surface area contributed by atoms with Crippen molar-refractivity contribution in [3.63, 3.8) is 0 Å². The molecule has 0 N–H and O–H groups in total. The molecule has 0 bridgehead atoms. The van der Waals surface area contributed by atoms with Crippen LogP contribution in [0.4, 0.5) is 0 Å². The van der Waals surface area contributed by atoms with Gasteiger partial charge < -0.3 is 0 Å². The third-order valence-corrected chi connectivity index (χ3v) is 7.94. The molecular weight excluding hydrogens is 394 g/mol. The molecule has 0 spiro atoms. The second-order valence-corrected chi connectivity index (χ2v) is 9.80. The van der Waals surface area contributed by atoms with Gasteiger partial charge in [0, 0.05) is 18.7 Å². The lowest BCUT2D eigenvalue weighted by Gasteiger charge is -2.40. The van der Waals surface area contributed by atoms with Crippen LogP contribution in [0.3, 0.4) is 0 Å². The highest BCUT2D eigenvalue weighted by Crippen LogP contribution is 2.40. The highest BCUT2D eigenvalue weighted by Gasteiger charge is 2.45. The highest BCUT2D eigenvalue weighted by molar-refractivity contribution is 7.89. The third-order valence-electron chi connectivity index (χ3n) is 6.03.